The van der Waals surface area contributed by atoms with Gasteiger partial charge in [0.1, 0.15) is 12.4 Å². The monoisotopic (exact) mass is 259 g/mol. The second-order valence-corrected chi connectivity index (χ2v) is 4.65. The molecule has 0 bridgehead atoms. The molecule has 0 fully saturated rings. The van der Waals surface area contributed by atoms with Crippen LogP contribution in [0.15, 0.2) is 30.6 Å². The van der Waals surface area contributed by atoms with E-state index in [1.54, 1.807) is 4.68 Å². The van der Waals surface area contributed by atoms with E-state index in [1.165, 1.54) is 11.1 Å². The number of hydrogen-bond acceptors (Lipinski definition) is 3. The highest BCUT2D eigenvalue weighted by atomic mass is 16.5. The molecule has 1 aromatic heterocycles. The summed E-state index contributed by atoms with van der Waals surface area (Å²) >= 11 is 0. The van der Waals surface area contributed by atoms with Crippen molar-refractivity contribution in [2.24, 2.45) is 7.05 Å². The van der Waals surface area contributed by atoms with Gasteiger partial charge in [-0.2, -0.15) is 5.10 Å². The van der Waals surface area contributed by atoms with Crippen LogP contribution in [0.5, 0.6) is 5.75 Å². The molecule has 0 atom stereocenters. The lowest BCUT2D eigenvalue weighted by molar-refractivity contribution is 0.300. The Balaban J connectivity index is 2.09. The lowest BCUT2D eigenvalue weighted by Gasteiger charge is -2.13. The molecule has 1 aromatic carbocycles. The topological polar surface area (TPSA) is 39.1 Å². The van der Waals surface area contributed by atoms with Crippen LogP contribution in [0.2, 0.25) is 0 Å². The van der Waals surface area contributed by atoms with Gasteiger partial charge in [-0.3, -0.25) is 4.68 Å². The predicted molar refractivity (Wildman–Crippen MR) is 76.1 cm³/mol. The predicted octanol–water partition coefficient (Wildman–Crippen LogP) is 2.42. The van der Waals surface area contributed by atoms with Gasteiger partial charge in [-0.1, -0.05) is 25.1 Å². The van der Waals surface area contributed by atoms with E-state index < -0.39 is 0 Å². The Hall–Kier alpha value is -1.81. The first-order chi connectivity index (χ1) is 9.20. The fourth-order valence-corrected chi connectivity index (χ4v) is 2.02. The molecule has 0 radical (unpaired) electrons. The Morgan fingerprint density at radius 2 is 2.21 bits per heavy atom. The average molecular weight is 259 g/mol. The smallest absolute Gasteiger partial charge is 0.127 e. The van der Waals surface area contributed by atoms with Crippen LogP contribution in [0, 0.1) is 6.92 Å². The molecule has 0 spiro atoms. The lowest BCUT2D eigenvalue weighted by Crippen LogP contribution is -2.13. The molecule has 0 aliphatic heterocycles. The SMILES string of the molecule is CCNCc1cccc(C)c1OCc1cnn(C)c1. The summed E-state index contributed by atoms with van der Waals surface area (Å²) in [4.78, 5) is 0. The second-order valence-electron chi connectivity index (χ2n) is 4.65. The number of para-hydroxylation sites is 1. The third-order valence-electron chi connectivity index (χ3n) is 3.00. The van der Waals surface area contributed by atoms with Crippen molar-refractivity contribution in [1.82, 2.24) is 15.1 Å². The molecule has 0 saturated carbocycles. The van der Waals surface area contributed by atoms with Crippen molar-refractivity contribution < 1.29 is 4.74 Å². The van der Waals surface area contributed by atoms with E-state index in [9.17, 15) is 0 Å². The Labute approximate surface area is 114 Å². The molecule has 0 saturated heterocycles. The summed E-state index contributed by atoms with van der Waals surface area (Å²) in [6, 6.07) is 6.25. The number of aryl methyl sites for hydroxylation is 2. The van der Waals surface area contributed by atoms with Gasteiger partial charge in [0.2, 0.25) is 0 Å². The van der Waals surface area contributed by atoms with E-state index in [0.717, 1.165) is 24.4 Å². The fraction of sp³-hybridized carbons (Fsp3) is 0.400. The van der Waals surface area contributed by atoms with Crippen LogP contribution in [-0.4, -0.2) is 16.3 Å². The average Bonchev–Trinajstić information content (AvgIpc) is 2.81. The number of ether oxygens (including phenoxy) is 1. The van der Waals surface area contributed by atoms with E-state index in [0.29, 0.717) is 6.61 Å². The van der Waals surface area contributed by atoms with Gasteiger partial charge < -0.3 is 10.1 Å². The Kier molecular flexibility index (Phi) is 4.58. The van der Waals surface area contributed by atoms with Gasteiger partial charge in [0, 0.05) is 30.9 Å². The highest BCUT2D eigenvalue weighted by Gasteiger charge is 2.07. The van der Waals surface area contributed by atoms with Crippen LogP contribution in [0.1, 0.15) is 23.6 Å². The van der Waals surface area contributed by atoms with Crippen LogP contribution in [0.4, 0.5) is 0 Å². The number of aromatic nitrogens is 2. The van der Waals surface area contributed by atoms with Crippen LogP contribution in [-0.2, 0) is 20.2 Å². The first kappa shape index (κ1) is 13.6. The van der Waals surface area contributed by atoms with Crippen LogP contribution < -0.4 is 10.1 Å². The summed E-state index contributed by atoms with van der Waals surface area (Å²) in [5, 5.41) is 7.49. The summed E-state index contributed by atoms with van der Waals surface area (Å²) in [5.74, 6) is 0.979. The minimum atomic E-state index is 0.553. The number of hydrogen-bond donors (Lipinski definition) is 1. The van der Waals surface area contributed by atoms with E-state index >= 15 is 0 Å². The van der Waals surface area contributed by atoms with Crippen molar-refractivity contribution in [3.8, 4) is 5.75 Å². The molecular formula is C15H21N3O. The Bertz CT molecular complexity index is 534. The minimum Gasteiger partial charge on any atom is -0.488 e. The number of rotatable bonds is 6. The van der Waals surface area contributed by atoms with Gasteiger partial charge in [0.15, 0.2) is 0 Å². The van der Waals surface area contributed by atoms with Gasteiger partial charge >= 0.3 is 0 Å². The zero-order chi connectivity index (χ0) is 13.7. The summed E-state index contributed by atoms with van der Waals surface area (Å²) < 4.78 is 7.76. The van der Waals surface area contributed by atoms with Crippen molar-refractivity contribution >= 4 is 0 Å². The molecular weight excluding hydrogens is 238 g/mol. The molecule has 1 heterocycles. The molecule has 19 heavy (non-hydrogen) atoms. The third kappa shape index (κ3) is 3.58. The van der Waals surface area contributed by atoms with Crippen molar-refractivity contribution in [2.75, 3.05) is 6.54 Å². The number of nitrogens with zero attached hydrogens (tertiary/aromatic N) is 2. The Morgan fingerprint density at radius 1 is 1.37 bits per heavy atom. The third-order valence-corrected chi connectivity index (χ3v) is 3.00. The fourth-order valence-electron chi connectivity index (χ4n) is 2.02. The molecule has 0 unspecified atom stereocenters. The molecule has 102 valence electrons. The highest BCUT2D eigenvalue weighted by molar-refractivity contribution is 5.40. The molecule has 0 amide bonds. The van der Waals surface area contributed by atoms with Crippen molar-refractivity contribution in [3.63, 3.8) is 0 Å². The normalized spacial score (nSPS) is 10.7. The van der Waals surface area contributed by atoms with Gasteiger partial charge in [0.25, 0.3) is 0 Å². The van der Waals surface area contributed by atoms with Crippen LogP contribution in [0.25, 0.3) is 0 Å². The molecule has 4 nitrogen and oxygen atoms in total. The van der Waals surface area contributed by atoms with Crippen LogP contribution >= 0.6 is 0 Å². The van der Waals surface area contributed by atoms with E-state index in [2.05, 4.69) is 42.5 Å². The maximum atomic E-state index is 5.97. The minimum absolute atomic E-state index is 0.553. The van der Waals surface area contributed by atoms with E-state index in [4.69, 9.17) is 4.74 Å². The number of nitrogens with one attached hydrogen (secondary N) is 1. The largest absolute Gasteiger partial charge is 0.488 e. The lowest BCUT2D eigenvalue weighted by atomic mass is 10.1. The summed E-state index contributed by atoms with van der Waals surface area (Å²) in [6.07, 6.45) is 3.81. The van der Waals surface area contributed by atoms with E-state index in [1.807, 2.05) is 19.4 Å². The van der Waals surface area contributed by atoms with Crippen molar-refractivity contribution in [1.29, 1.82) is 0 Å². The first-order valence-electron chi connectivity index (χ1n) is 6.60. The van der Waals surface area contributed by atoms with Gasteiger partial charge in [-0.25, -0.2) is 0 Å². The number of benzene rings is 1. The quantitative estimate of drug-likeness (QED) is 0.866. The highest BCUT2D eigenvalue weighted by Crippen LogP contribution is 2.24. The van der Waals surface area contributed by atoms with Crippen molar-refractivity contribution in [3.05, 3.63) is 47.3 Å². The van der Waals surface area contributed by atoms with Gasteiger partial charge in [-0.05, 0) is 19.0 Å². The van der Waals surface area contributed by atoms with E-state index in [-0.39, 0.29) is 0 Å². The zero-order valence-electron chi connectivity index (χ0n) is 11.8. The first-order valence-corrected chi connectivity index (χ1v) is 6.60. The maximum Gasteiger partial charge on any atom is 0.127 e. The molecule has 2 rings (SSSR count). The standard InChI is InChI=1S/C15H21N3O/c1-4-16-9-14-7-5-6-12(2)15(14)19-11-13-8-17-18(3)10-13/h5-8,10,16H,4,9,11H2,1-3H3. The second kappa shape index (κ2) is 6.38. The molecule has 0 aliphatic carbocycles. The molecule has 1 N–H and O–H groups in total. The van der Waals surface area contributed by atoms with Crippen LogP contribution in [0.3, 0.4) is 0 Å². The summed E-state index contributed by atoms with van der Waals surface area (Å²) in [6.45, 7) is 6.52. The molecule has 4 heteroatoms. The Morgan fingerprint density at radius 3 is 2.89 bits per heavy atom. The van der Waals surface area contributed by atoms with Gasteiger partial charge in [-0.15, -0.1) is 0 Å². The molecule has 0 aliphatic rings. The molecule has 2 aromatic rings. The summed E-state index contributed by atoms with van der Waals surface area (Å²) in [5.41, 5.74) is 3.45. The maximum absolute atomic E-state index is 5.97. The van der Waals surface area contributed by atoms with Gasteiger partial charge in [0.05, 0.1) is 6.20 Å². The zero-order valence-corrected chi connectivity index (χ0v) is 11.8. The summed E-state index contributed by atoms with van der Waals surface area (Å²) in [7, 11) is 1.91. The van der Waals surface area contributed by atoms with Crippen molar-refractivity contribution in [2.45, 2.75) is 27.0 Å².